The van der Waals surface area contributed by atoms with Gasteiger partial charge in [0.05, 0.1) is 19.4 Å². The highest BCUT2D eigenvalue weighted by Gasteiger charge is 2.30. The van der Waals surface area contributed by atoms with Crippen LogP contribution in [-0.2, 0) is 20.7 Å². The first-order valence-corrected chi connectivity index (χ1v) is 10.8. The quantitative estimate of drug-likeness (QED) is 0.731. The Morgan fingerprint density at radius 2 is 1.73 bits per heavy atom. The van der Waals surface area contributed by atoms with E-state index in [1.54, 1.807) is 6.20 Å². The number of carbonyl (C=O) groups excluding carboxylic acids is 2. The molecule has 2 aromatic rings. The second kappa shape index (κ2) is 9.89. The second-order valence-corrected chi connectivity index (χ2v) is 7.93. The van der Waals surface area contributed by atoms with Gasteiger partial charge in [-0.1, -0.05) is 30.3 Å². The predicted octanol–water partition coefficient (Wildman–Crippen LogP) is 2.76. The van der Waals surface area contributed by atoms with E-state index in [1.807, 2.05) is 40.1 Å². The van der Waals surface area contributed by atoms with E-state index < -0.39 is 0 Å². The van der Waals surface area contributed by atoms with Crippen LogP contribution in [0.15, 0.2) is 40.9 Å². The number of carbonyl (C=O) groups is 2. The molecule has 7 nitrogen and oxygen atoms in total. The predicted molar refractivity (Wildman–Crippen MR) is 112 cm³/mol. The Bertz CT molecular complexity index is 837. The Hall–Kier alpha value is -2.67. The largest absolute Gasteiger partial charge is 0.441 e. The lowest BCUT2D eigenvalue weighted by Crippen LogP contribution is -2.47. The minimum atomic E-state index is 0.0378. The van der Waals surface area contributed by atoms with Crippen molar-refractivity contribution in [1.82, 2.24) is 14.8 Å². The summed E-state index contributed by atoms with van der Waals surface area (Å²) in [5.41, 5.74) is 1.00. The Morgan fingerprint density at radius 3 is 2.47 bits per heavy atom. The molecule has 0 unspecified atom stereocenters. The van der Waals surface area contributed by atoms with Gasteiger partial charge in [-0.3, -0.25) is 9.59 Å². The molecule has 0 N–H and O–H groups in total. The number of rotatable bonds is 6. The summed E-state index contributed by atoms with van der Waals surface area (Å²) in [6, 6.07) is 9.87. The average molecular weight is 412 g/mol. The van der Waals surface area contributed by atoms with Gasteiger partial charge in [0.1, 0.15) is 0 Å². The van der Waals surface area contributed by atoms with Gasteiger partial charge in [0.15, 0.2) is 11.7 Å². The van der Waals surface area contributed by atoms with Crippen LogP contribution in [-0.4, -0.2) is 66.0 Å². The topological polar surface area (TPSA) is 75.9 Å². The van der Waals surface area contributed by atoms with Gasteiger partial charge in [0.2, 0.25) is 11.8 Å². The first-order valence-electron chi connectivity index (χ1n) is 10.8. The fraction of sp³-hybridized carbons (Fsp3) is 0.522. The van der Waals surface area contributed by atoms with Crippen molar-refractivity contribution in [1.29, 1.82) is 0 Å². The van der Waals surface area contributed by atoms with Crippen molar-refractivity contribution >= 4 is 11.8 Å². The molecule has 0 aliphatic carbocycles. The number of hydrogen-bond donors (Lipinski definition) is 0. The molecule has 2 saturated heterocycles. The van der Waals surface area contributed by atoms with Gasteiger partial charge in [-0.25, -0.2) is 4.98 Å². The number of likely N-dealkylation sites (tertiary alicyclic amines) is 1. The molecule has 2 fully saturated rings. The molecule has 0 radical (unpaired) electrons. The lowest BCUT2D eigenvalue weighted by atomic mass is 9.94. The van der Waals surface area contributed by atoms with Crippen LogP contribution >= 0.6 is 0 Å². The molecular formula is C23H29N3O4. The van der Waals surface area contributed by atoms with E-state index in [0.717, 1.165) is 24.2 Å². The van der Waals surface area contributed by atoms with Crippen molar-refractivity contribution in [2.24, 2.45) is 5.92 Å². The molecule has 0 saturated carbocycles. The molecule has 0 bridgehead atoms. The number of hydrogen-bond acceptors (Lipinski definition) is 5. The van der Waals surface area contributed by atoms with Crippen molar-refractivity contribution < 1.29 is 18.7 Å². The third-order valence-corrected chi connectivity index (χ3v) is 5.91. The van der Waals surface area contributed by atoms with Crippen molar-refractivity contribution in [3.63, 3.8) is 0 Å². The fourth-order valence-corrected chi connectivity index (χ4v) is 4.13. The fourth-order valence-electron chi connectivity index (χ4n) is 4.13. The van der Waals surface area contributed by atoms with Crippen LogP contribution in [0.2, 0.25) is 0 Å². The monoisotopic (exact) mass is 411 g/mol. The maximum absolute atomic E-state index is 12.6. The number of amides is 2. The molecule has 0 atom stereocenters. The summed E-state index contributed by atoms with van der Waals surface area (Å²) in [6.07, 6.45) is 5.07. The smallest absolute Gasteiger partial charge is 0.225 e. The van der Waals surface area contributed by atoms with Crippen LogP contribution in [0, 0.1) is 5.92 Å². The normalized spacial score (nSPS) is 17.9. The summed E-state index contributed by atoms with van der Waals surface area (Å²) in [7, 11) is 0. The molecule has 2 amide bonds. The summed E-state index contributed by atoms with van der Waals surface area (Å²) in [6.45, 7) is 3.95. The average Bonchev–Trinajstić information content (AvgIpc) is 3.29. The Kier molecular flexibility index (Phi) is 6.79. The standard InChI is InChI=1S/C23H29N3O4/c27-22(8-4-7-21-24-17-20(30-21)18-5-2-1-3-6-18)25-11-9-19(10-12-25)23(28)26-13-15-29-16-14-26/h1-3,5-6,17,19H,4,7-16H2. The number of ether oxygens (including phenoxy) is 1. The van der Waals surface area contributed by atoms with E-state index in [4.69, 9.17) is 9.15 Å². The summed E-state index contributed by atoms with van der Waals surface area (Å²) in [5.74, 6) is 1.84. The van der Waals surface area contributed by atoms with E-state index >= 15 is 0 Å². The number of benzene rings is 1. The van der Waals surface area contributed by atoms with E-state index in [9.17, 15) is 9.59 Å². The zero-order chi connectivity index (χ0) is 20.8. The molecule has 160 valence electrons. The van der Waals surface area contributed by atoms with Crippen molar-refractivity contribution in [2.75, 3.05) is 39.4 Å². The van der Waals surface area contributed by atoms with Gasteiger partial charge >= 0.3 is 0 Å². The Morgan fingerprint density at radius 1 is 1.00 bits per heavy atom. The van der Waals surface area contributed by atoms with Crippen LogP contribution in [0.25, 0.3) is 11.3 Å². The molecule has 30 heavy (non-hydrogen) atoms. The van der Waals surface area contributed by atoms with Crippen LogP contribution in [0.5, 0.6) is 0 Å². The Balaban J connectivity index is 1.18. The van der Waals surface area contributed by atoms with Gasteiger partial charge < -0.3 is 19.0 Å². The molecule has 3 heterocycles. The van der Waals surface area contributed by atoms with Crippen LogP contribution < -0.4 is 0 Å². The van der Waals surface area contributed by atoms with Crippen molar-refractivity contribution in [3.05, 3.63) is 42.4 Å². The minimum absolute atomic E-state index is 0.0378. The third-order valence-electron chi connectivity index (χ3n) is 5.91. The van der Waals surface area contributed by atoms with Gasteiger partial charge in [-0.05, 0) is 19.3 Å². The third kappa shape index (κ3) is 5.08. The van der Waals surface area contributed by atoms with Crippen LogP contribution in [0.3, 0.4) is 0 Å². The molecule has 4 rings (SSSR count). The molecule has 7 heteroatoms. The van der Waals surface area contributed by atoms with Gasteiger partial charge in [0, 0.05) is 50.5 Å². The number of nitrogens with zero attached hydrogens (tertiary/aromatic N) is 3. The first kappa shape index (κ1) is 20.6. The molecule has 1 aromatic carbocycles. The number of aryl methyl sites for hydroxylation is 1. The number of piperidine rings is 1. The minimum Gasteiger partial charge on any atom is -0.441 e. The maximum Gasteiger partial charge on any atom is 0.225 e. The van der Waals surface area contributed by atoms with Gasteiger partial charge in [0.25, 0.3) is 0 Å². The highest BCUT2D eigenvalue weighted by Crippen LogP contribution is 2.22. The maximum atomic E-state index is 12.6. The lowest BCUT2D eigenvalue weighted by molar-refractivity contribution is -0.143. The molecular weight excluding hydrogens is 382 g/mol. The lowest BCUT2D eigenvalue weighted by Gasteiger charge is -2.35. The first-order chi connectivity index (χ1) is 14.7. The van der Waals surface area contributed by atoms with Gasteiger partial charge in [-0.2, -0.15) is 0 Å². The molecule has 2 aliphatic rings. The zero-order valence-electron chi connectivity index (χ0n) is 17.3. The molecule has 0 spiro atoms. The van der Waals surface area contributed by atoms with Crippen molar-refractivity contribution in [2.45, 2.75) is 32.1 Å². The molecule has 1 aromatic heterocycles. The number of aromatic nitrogens is 1. The zero-order valence-corrected chi connectivity index (χ0v) is 17.3. The summed E-state index contributed by atoms with van der Waals surface area (Å²) >= 11 is 0. The number of morpholine rings is 1. The van der Waals surface area contributed by atoms with Gasteiger partial charge in [-0.15, -0.1) is 0 Å². The SMILES string of the molecule is O=C(CCCc1ncc(-c2ccccc2)o1)N1CCC(C(=O)N2CCOCC2)CC1. The van der Waals surface area contributed by atoms with E-state index in [0.29, 0.717) is 64.5 Å². The van der Waals surface area contributed by atoms with E-state index in [1.165, 1.54) is 0 Å². The summed E-state index contributed by atoms with van der Waals surface area (Å²) in [5, 5.41) is 0. The number of oxazole rings is 1. The second-order valence-electron chi connectivity index (χ2n) is 7.93. The summed E-state index contributed by atoms with van der Waals surface area (Å²) in [4.78, 5) is 33.3. The van der Waals surface area contributed by atoms with Crippen LogP contribution in [0.1, 0.15) is 31.6 Å². The van der Waals surface area contributed by atoms with Crippen LogP contribution in [0.4, 0.5) is 0 Å². The highest BCUT2D eigenvalue weighted by atomic mass is 16.5. The van der Waals surface area contributed by atoms with E-state index in [-0.39, 0.29) is 17.7 Å². The summed E-state index contributed by atoms with van der Waals surface area (Å²) < 4.78 is 11.1. The Labute approximate surface area is 177 Å². The molecule has 2 aliphatic heterocycles. The van der Waals surface area contributed by atoms with Crippen molar-refractivity contribution in [3.8, 4) is 11.3 Å². The highest BCUT2D eigenvalue weighted by molar-refractivity contribution is 5.80. The van der Waals surface area contributed by atoms with E-state index in [2.05, 4.69) is 4.98 Å².